The lowest BCUT2D eigenvalue weighted by Crippen LogP contribution is -2.35. The Kier molecular flexibility index (Phi) is 3.91. The van der Waals surface area contributed by atoms with E-state index >= 15 is 0 Å². The van der Waals surface area contributed by atoms with E-state index in [9.17, 15) is 13.2 Å². The molecule has 1 aliphatic rings. The number of rotatable bonds is 6. The number of thiazole rings is 1. The number of imidazole rings is 1. The maximum absolute atomic E-state index is 12.3. The Morgan fingerprint density at radius 3 is 2.95 bits per heavy atom. The molecule has 0 saturated heterocycles. The summed E-state index contributed by atoms with van der Waals surface area (Å²) in [6.07, 6.45) is 3.43. The molecule has 1 amide bonds. The molecule has 1 saturated carbocycles. The highest BCUT2D eigenvalue weighted by Crippen LogP contribution is 2.28. The van der Waals surface area contributed by atoms with Gasteiger partial charge >= 0.3 is 0 Å². The van der Waals surface area contributed by atoms with Gasteiger partial charge in [0.1, 0.15) is 0 Å². The topological polar surface area (TPSA) is 92.6 Å². The Labute approximate surface area is 130 Å². The highest BCUT2D eigenvalue weighted by atomic mass is 35.5. The molecule has 0 bridgehead atoms. The Bertz CT molecular complexity index is 779. The zero-order valence-corrected chi connectivity index (χ0v) is 13.3. The lowest BCUT2D eigenvalue weighted by molar-refractivity contribution is -0.122. The molecular weight excluding hydrogens is 336 g/mol. The van der Waals surface area contributed by atoms with E-state index in [4.69, 9.17) is 11.6 Å². The maximum Gasteiger partial charge on any atom is 0.259 e. The fraction of sp³-hybridized carbons (Fsp3) is 0.455. The van der Waals surface area contributed by atoms with Gasteiger partial charge in [0, 0.05) is 30.6 Å². The van der Waals surface area contributed by atoms with Gasteiger partial charge in [0.05, 0.1) is 0 Å². The predicted octanol–water partition coefficient (Wildman–Crippen LogP) is 0.854. The Hall–Kier alpha value is -1.16. The first-order chi connectivity index (χ1) is 9.99. The highest BCUT2D eigenvalue weighted by molar-refractivity contribution is 7.89. The molecule has 1 aliphatic carbocycles. The van der Waals surface area contributed by atoms with Crippen LogP contribution in [-0.2, 0) is 14.8 Å². The number of carbonyl (C=O) groups excluding carboxylic acids is 1. The van der Waals surface area contributed by atoms with E-state index in [1.54, 1.807) is 11.6 Å². The summed E-state index contributed by atoms with van der Waals surface area (Å²) in [4.78, 5) is 15.9. The van der Waals surface area contributed by atoms with E-state index < -0.39 is 10.0 Å². The van der Waals surface area contributed by atoms with Crippen molar-refractivity contribution in [1.82, 2.24) is 19.4 Å². The fourth-order valence-electron chi connectivity index (χ4n) is 1.91. The number of halogens is 1. The van der Waals surface area contributed by atoms with Gasteiger partial charge in [0.2, 0.25) is 5.91 Å². The van der Waals surface area contributed by atoms with Gasteiger partial charge in [-0.25, -0.2) is 18.1 Å². The van der Waals surface area contributed by atoms with Crippen molar-refractivity contribution in [2.45, 2.75) is 17.9 Å². The largest absolute Gasteiger partial charge is 0.355 e. The molecule has 0 spiro atoms. The van der Waals surface area contributed by atoms with E-state index in [0.717, 1.165) is 12.8 Å². The first-order valence-corrected chi connectivity index (χ1v) is 9.11. The smallest absolute Gasteiger partial charge is 0.259 e. The van der Waals surface area contributed by atoms with Crippen LogP contribution in [0.15, 0.2) is 16.6 Å². The summed E-state index contributed by atoms with van der Waals surface area (Å²) >= 11 is 7.19. The van der Waals surface area contributed by atoms with Crippen LogP contribution < -0.4 is 10.0 Å². The molecule has 114 valence electrons. The third-order valence-electron chi connectivity index (χ3n) is 3.10. The van der Waals surface area contributed by atoms with Gasteiger partial charge in [0.15, 0.2) is 15.1 Å². The van der Waals surface area contributed by atoms with Gasteiger partial charge in [-0.3, -0.25) is 9.20 Å². The molecule has 0 aliphatic heterocycles. The lowest BCUT2D eigenvalue weighted by Gasteiger charge is -2.07. The van der Waals surface area contributed by atoms with Crippen molar-refractivity contribution in [3.8, 4) is 0 Å². The number of nitrogens with one attached hydrogen (secondary N) is 2. The Balaban J connectivity index is 1.64. The number of hydrogen-bond donors (Lipinski definition) is 2. The summed E-state index contributed by atoms with van der Waals surface area (Å²) in [5.74, 6) is 0.0909. The van der Waals surface area contributed by atoms with Gasteiger partial charge in [0.25, 0.3) is 10.0 Å². The summed E-state index contributed by atoms with van der Waals surface area (Å²) < 4.78 is 28.3. The highest BCUT2D eigenvalue weighted by Gasteiger charge is 2.29. The van der Waals surface area contributed by atoms with E-state index in [-0.39, 0.29) is 35.1 Å². The molecule has 7 nitrogen and oxygen atoms in total. The molecule has 0 unspecified atom stereocenters. The van der Waals surface area contributed by atoms with Crippen LogP contribution in [0.4, 0.5) is 0 Å². The minimum Gasteiger partial charge on any atom is -0.355 e. The van der Waals surface area contributed by atoms with Crippen molar-refractivity contribution < 1.29 is 13.2 Å². The van der Waals surface area contributed by atoms with Gasteiger partial charge in [-0.15, -0.1) is 11.3 Å². The van der Waals surface area contributed by atoms with Gasteiger partial charge in [-0.2, -0.15) is 0 Å². The monoisotopic (exact) mass is 348 g/mol. The third kappa shape index (κ3) is 3.05. The summed E-state index contributed by atoms with van der Waals surface area (Å²) in [5, 5.41) is 4.29. The normalized spacial score (nSPS) is 15.5. The van der Waals surface area contributed by atoms with Crippen molar-refractivity contribution in [3.05, 3.63) is 16.7 Å². The summed E-state index contributed by atoms with van der Waals surface area (Å²) in [6.45, 7) is 0.353. The molecule has 0 atom stereocenters. The van der Waals surface area contributed by atoms with Crippen LogP contribution in [0.1, 0.15) is 12.8 Å². The standard InChI is InChI=1S/C11H13ClN4O3S2/c12-8-10(16-5-6-20-11(16)15-8)21(18,19)14-4-3-13-9(17)7-1-2-7/h5-7,14H,1-4H2,(H,13,17). The van der Waals surface area contributed by atoms with Crippen LogP contribution in [0.3, 0.4) is 0 Å². The summed E-state index contributed by atoms with van der Waals surface area (Å²) in [7, 11) is -3.77. The minimum absolute atomic E-state index is 0.0168. The fourth-order valence-corrected chi connectivity index (χ4v) is 4.39. The SMILES string of the molecule is O=C(NCCNS(=O)(=O)c1c(Cl)nc2sccn12)C1CC1. The molecule has 0 radical (unpaired) electrons. The molecular formula is C11H13ClN4O3S2. The number of carbonyl (C=O) groups is 1. The second kappa shape index (κ2) is 5.56. The second-order valence-corrected chi connectivity index (χ2v) is 7.64. The first-order valence-electron chi connectivity index (χ1n) is 6.37. The number of aromatic nitrogens is 2. The number of amides is 1. The molecule has 2 N–H and O–H groups in total. The zero-order chi connectivity index (χ0) is 15.0. The molecule has 2 aromatic rings. The average molecular weight is 349 g/mol. The van der Waals surface area contributed by atoms with Crippen molar-refractivity contribution >= 4 is 43.8 Å². The number of hydrogen-bond acceptors (Lipinski definition) is 5. The maximum atomic E-state index is 12.3. The van der Waals surface area contributed by atoms with Crippen LogP contribution in [0.5, 0.6) is 0 Å². The van der Waals surface area contributed by atoms with E-state index in [0.29, 0.717) is 4.96 Å². The Morgan fingerprint density at radius 2 is 2.24 bits per heavy atom. The molecule has 0 aromatic carbocycles. The first kappa shape index (κ1) is 14.8. The van der Waals surface area contributed by atoms with Crippen molar-refractivity contribution in [1.29, 1.82) is 0 Å². The minimum atomic E-state index is -3.77. The lowest BCUT2D eigenvalue weighted by atomic mass is 10.4. The number of fused-ring (bicyclic) bond motifs is 1. The quantitative estimate of drug-likeness (QED) is 0.757. The third-order valence-corrected chi connectivity index (χ3v) is 5.71. The van der Waals surface area contributed by atoms with Gasteiger partial charge in [-0.05, 0) is 12.8 Å². The predicted molar refractivity (Wildman–Crippen MR) is 79.0 cm³/mol. The molecule has 21 heavy (non-hydrogen) atoms. The summed E-state index contributed by atoms with van der Waals surface area (Å²) in [5.41, 5.74) is 0. The zero-order valence-electron chi connectivity index (χ0n) is 10.9. The second-order valence-electron chi connectivity index (χ2n) is 4.73. The van der Waals surface area contributed by atoms with Crippen LogP contribution in [0, 0.1) is 5.92 Å². The molecule has 3 rings (SSSR count). The van der Waals surface area contributed by atoms with Crippen molar-refractivity contribution in [2.75, 3.05) is 13.1 Å². The van der Waals surface area contributed by atoms with E-state index in [1.165, 1.54) is 15.7 Å². The molecule has 2 aromatic heterocycles. The molecule has 10 heteroatoms. The Morgan fingerprint density at radius 1 is 1.48 bits per heavy atom. The van der Waals surface area contributed by atoms with E-state index in [2.05, 4.69) is 15.0 Å². The summed E-state index contributed by atoms with van der Waals surface area (Å²) in [6, 6.07) is 0. The van der Waals surface area contributed by atoms with Gasteiger partial charge in [-0.1, -0.05) is 11.6 Å². The molecule has 2 heterocycles. The van der Waals surface area contributed by atoms with Crippen LogP contribution >= 0.6 is 22.9 Å². The van der Waals surface area contributed by atoms with Crippen molar-refractivity contribution in [3.63, 3.8) is 0 Å². The van der Waals surface area contributed by atoms with Crippen LogP contribution in [-0.4, -0.2) is 36.8 Å². The number of sulfonamides is 1. The van der Waals surface area contributed by atoms with E-state index in [1.807, 2.05) is 0 Å². The van der Waals surface area contributed by atoms with Crippen LogP contribution in [0.25, 0.3) is 4.96 Å². The number of nitrogens with zero attached hydrogens (tertiary/aromatic N) is 2. The van der Waals surface area contributed by atoms with Gasteiger partial charge < -0.3 is 5.32 Å². The van der Waals surface area contributed by atoms with Crippen LogP contribution in [0.2, 0.25) is 5.15 Å². The molecule has 1 fully saturated rings. The average Bonchev–Trinajstić information content (AvgIpc) is 3.09. The van der Waals surface area contributed by atoms with Crippen molar-refractivity contribution in [2.24, 2.45) is 5.92 Å².